The number of nitro groups is 1. The van der Waals surface area contributed by atoms with Crippen LogP contribution >= 0.6 is 0 Å². The Hall–Kier alpha value is -2.90. The zero-order chi connectivity index (χ0) is 18.0. The summed E-state index contributed by atoms with van der Waals surface area (Å²) >= 11 is 0. The fraction of sp³-hybridized carbons (Fsp3) is 0.412. The number of hydrogen-bond acceptors (Lipinski definition) is 4. The summed E-state index contributed by atoms with van der Waals surface area (Å²) in [4.78, 5) is 33.6. The number of nitrogens with zero attached hydrogens (tertiary/aromatic N) is 2. The first-order valence-corrected chi connectivity index (χ1v) is 8.19. The molecular weight excluding hydrogens is 326 g/mol. The SMILES string of the molecule is O=C(Cn1ccc2cc([N+](=O)[O-])ccc21)NC1CCC(C(=O)O)CC1. The number of carboxylic acid groups (broad SMARTS) is 1. The van der Waals surface area contributed by atoms with Gasteiger partial charge in [0.2, 0.25) is 5.91 Å². The van der Waals surface area contributed by atoms with Gasteiger partial charge >= 0.3 is 5.97 Å². The van der Waals surface area contributed by atoms with E-state index in [4.69, 9.17) is 5.11 Å². The molecule has 0 radical (unpaired) electrons. The quantitative estimate of drug-likeness (QED) is 0.637. The summed E-state index contributed by atoms with van der Waals surface area (Å²) < 4.78 is 1.75. The Balaban J connectivity index is 1.61. The third-order valence-electron chi connectivity index (χ3n) is 4.72. The van der Waals surface area contributed by atoms with Gasteiger partial charge in [0.15, 0.2) is 0 Å². The Kier molecular flexibility index (Phi) is 4.69. The number of aromatic nitrogens is 1. The van der Waals surface area contributed by atoms with Crippen molar-refractivity contribution in [2.45, 2.75) is 38.3 Å². The number of rotatable bonds is 5. The van der Waals surface area contributed by atoms with Crippen LogP contribution in [0.3, 0.4) is 0 Å². The fourth-order valence-electron chi connectivity index (χ4n) is 3.35. The van der Waals surface area contributed by atoms with E-state index in [0.717, 1.165) is 5.52 Å². The molecule has 132 valence electrons. The van der Waals surface area contributed by atoms with E-state index < -0.39 is 10.9 Å². The molecule has 0 aliphatic heterocycles. The lowest BCUT2D eigenvalue weighted by molar-refractivity contribution is -0.384. The number of nitrogens with one attached hydrogen (secondary N) is 1. The van der Waals surface area contributed by atoms with E-state index in [1.54, 1.807) is 22.9 Å². The molecule has 1 aromatic heterocycles. The van der Waals surface area contributed by atoms with E-state index in [0.29, 0.717) is 31.1 Å². The van der Waals surface area contributed by atoms with Gasteiger partial charge in [-0.3, -0.25) is 19.7 Å². The normalized spacial score (nSPS) is 20.3. The molecule has 1 aromatic carbocycles. The molecule has 0 atom stereocenters. The average molecular weight is 345 g/mol. The van der Waals surface area contributed by atoms with Crippen LogP contribution in [0, 0.1) is 16.0 Å². The molecule has 1 aliphatic carbocycles. The molecule has 8 nitrogen and oxygen atoms in total. The van der Waals surface area contributed by atoms with Crippen molar-refractivity contribution in [3.05, 3.63) is 40.6 Å². The lowest BCUT2D eigenvalue weighted by atomic mass is 9.86. The predicted octanol–water partition coefficient (Wildman–Crippen LogP) is 2.31. The largest absolute Gasteiger partial charge is 0.481 e. The van der Waals surface area contributed by atoms with Crippen molar-refractivity contribution in [2.24, 2.45) is 5.92 Å². The lowest BCUT2D eigenvalue weighted by Crippen LogP contribution is -2.40. The Bertz CT molecular complexity index is 821. The van der Waals surface area contributed by atoms with Crippen LogP contribution < -0.4 is 5.32 Å². The molecule has 3 rings (SSSR count). The van der Waals surface area contributed by atoms with Gasteiger partial charge in [-0.2, -0.15) is 0 Å². The van der Waals surface area contributed by atoms with E-state index in [1.165, 1.54) is 12.1 Å². The molecule has 8 heteroatoms. The number of carbonyl (C=O) groups is 2. The van der Waals surface area contributed by atoms with Gasteiger partial charge in [0.05, 0.1) is 10.8 Å². The first-order valence-electron chi connectivity index (χ1n) is 8.19. The van der Waals surface area contributed by atoms with Crippen LogP contribution in [-0.2, 0) is 16.1 Å². The zero-order valence-electron chi connectivity index (χ0n) is 13.6. The smallest absolute Gasteiger partial charge is 0.306 e. The standard InChI is InChI=1S/C17H19N3O5/c21-16(18-13-3-1-11(2-4-13)17(22)23)10-19-8-7-12-9-14(20(24)25)5-6-15(12)19/h5-9,11,13H,1-4,10H2,(H,18,21)(H,22,23). The number of fused-ring (bicyclic) bond motifs is 1. The van der Waals surface area contributed by atoms with E-state index in [2.05, 4.69) is 5.32 Å². The van der Waals surface area contributed by atoms with Crippen LogP contribution in [0.25, 0.3) is 10.9 Å². The van der Waals surface area contributed by atoms with Crippen molar-refractivity contribution in [2.75, 3.05) is 0 Å². The number of amides is 1. The van der Waals surface area contributed by atoms with Crippen LogP contribution in [0.2, 0.25) is 0 Å². The highest BCUT2D eigenvalue weighted by atomic mass is 16.6. The number of aliphatic carboxylic acids is 1. The topological polar surface area (TPSA) is 114 Å². The average Bonchev–Trinajstić information content (AvgIpc) is 2.97. The molecule has 2 aromatic rings. The summed E-state index contributed by atoms with van der Waals surface area (Å²) in [5, 5.41) is 23.5. The Morgan fingerprint density at radius 3 is 2.60 bits per heavy atom. The minimum Gasteiger partial charge on any atom is -0.481 e. The van der Waals surface area contributed by atoms with Gasteiger partial charge in [0, 0.05) is 35.3 Å². The van der Waals surface area contributed by atoms with Crippen LogP contribution in [0.15, 0.2) is 30.5 Å². The van der Waals surface area contributed by atoms with Crippen molar-refractivity contribution < 1.29 is 19.6 Å². The first-order chi connectivity index (χ1) is 11.9. The van der Waals surface area contributed by atoms with Crippen molar-refractivity contribution in [1.29, 1.82) is 0 Å². The minimum atomic E-state index is -0.766. The molecule has 1 aliphatic rings. The summed E-state index contributed by atoms with van der Waals surface area (Å²) in [6.45, 7) is 0.125. The maximum Gasteiger partial charge on any atom is 0.306 e. The summed E-state index contributed by atoms with van der Waals surface area (Å²) in [5.74, 6) is -1.22. The lowest BCUT2D eigenvalue weighted by Gasteiger charge is -2.26. The van der Waals surface area contributed by atoms with Crippen LogP contribution in [0.4, 0.5) is 5.69 Å². The van der Waals surface area contributed by atoms with Gasteiger partial charge < -0.3 is 15.0 Å². The molecule has 2 N–H and O–H groups in total. The highest BCUT2D eigenvalue weighted by Crippen LogP contribution is 2.25. The number of hydrogen-bond donors (Lipinski definition) is 2. The first kappa shape index (κ1) is 16.9. The third-order valence-corrected chi connectivity index (χ3v) is 4.72. The summed E-state index contributed by atoms with van der Waals surface area (Å²) in [6.07, 6.45) is 4.23. The van der Waals surface area contributed by atoms with Gasteiger partial charge in [-0.1, -0.05) is 0 Å². The third kappa shape index (κ3) is 3.78. The van der Waals surface area contributed by atoms with Gasteiger partial charge in [-0.05, 0) is 37.8 Å². The van der Waals surface area contributed by atoms with E-state index in [-0.39, 0.29) is 30.1 Å². The Morgan fingerprint density at radius 2 is 1.96 bits per heavy atom. The molecule has 0 saturated heterocycles. The highest BCUT2D eigenvalue weighted by Gasteiger charge is 2.26. The molecule has 25 heavy (non-hydrogen) atoms. The second-order valence-corrected chi connectivity index (χ2v) is 6.40. The van der Waals surface area contributed by atoms with Gasteiger partial charge in [-0.25, -0.2) is 0 Å². The summed E-state index contributed by atoms with van der Waals surface area (Å²) in [7, 11) is 0. The van der Waals surface area contributed by atoms with E-state index in [9.17, 15) is 19.7 Å². The maximum absolute atomic E-state index is 12.3. The Morgan fingerprint density at radius 1 is 1.24 bits per heavy atom. The number of nitro benzene ring substituents is 1. The van der Waals surface area contributed by atoms with Crippen molar-refractivity contribution in [3.8, 4) is 0 Å². The number of carboxylic acids is 1. The molecule has 0 unspecified atom stereocenters. The molecule has 0 bridgehead atoms. The van der Waals surface area contributed by atoms with E-state index in [1.807, 2.05) is 0 Å². The van der Waals surface area contributed by atoms with Crippen LogP contribution in [-0.4, -0.2) is 32.5 Å². The Labute approximate surface area is 143 Å². The molecule has 1 amide bonds. The van der Waals surface area contributed by atoms with Crippen molar-refractivity contribution in [3.63, 3.8) is 0 Å². The molecule has 0 spiro atoms. The second-order valence-electron chi connectivity index (χ2n) is 6.40. The fourth-order valence-corrected chi connectivity index (χ4v) is 3.35. The van der Waals surface area contributed by atoms with Crippen molar-refractivity contribution >= 4 is 28.5 Å². The monoisotopic (exact) mass is 345 g/mol. The number of carbonyl (C=O) groups excluding carboxylic acids is 1. The zero-order valence-corrected chi connectivity index (χ0v) is 13.6. The minimum absolute atomic E-state index is 0.00557. The molecule has 1 fully saturated rings. The molecule has 1 heterocycles. The predicted molar refractivity (Wildman–Crippen MR) is 90.1 cm³/mol. The molecule has 1 saturated carbocycles. The van der Waals surface area contributed by atoms with Gasteiger partial charge in [0.1, 0.15) is 6.54 Å². The summed E-state index contributed by atoms with van der Waals surface area (Å²) in [6, 6.07) is 6.29. The molecular formula is C17H19N3O5. The summed E-state index contributed by atoms with van der Waals surface area (Å²) in [5.41, 5.74) is 0.778. The van der Waals surface area contributed by atoms with Crippen LogP contribution in [0.1, 0.15) is 25.7 Å². The maximum atomic E-state index is 12.3. The van der Waals surface area contributed by atoms with Crippen LogP contribution in [0.5, 0.6) is 0 Å². The van der Waals surface area contributed by atoms with Gasteiger partial charge in [0.25, 0.3) is 5.69 Å². The van der Waals surface area contributed by atoms with Crippen molar-refractivity contribution in [1.82, 2.24) is 9.88 Å². The van der Waals surface area contributed by atoms with E-state index >= 15 is 0 Å². The van der Waals surface area contributed by atoms with Gasteiger partial charge in [-0.15, -0.1) is 0 Å². The second kappa shape index (κ2) is 6.92. The number of non-ortho nitro benzene ring substituents is 1. The highest BCUT2D eigenvalue weighted by molar-refractivity contribution is 5.85. The number of benzene rings is 1.